The number of hydrogen-bond donors (Lipinski definition) is 0. The van der Waals surface area contributed by atoms with Gasteiger partial charge >= 0.3 is 0 Å². The largest absolute Gasteiger partial charge is 0.332 e. The highest BCUT2D eigenvalue weighted by Crippen LogP contribution is 2.37. The van der Waals surface area contributed by atoms with Gasteiger partial charge < -0.3 is 4.90 Å². The summed E-state index contributed by atoms with van der Waals surface area (Å²) in [6, 6.07) is 1.44. The molecule has 0 aliphatic heterocycles. The van der Waals surface area contributed by atoms with Gasteiger partial charge in [-0.25, -0.2) is 13.8 Å². The number of fused-ring (bicyclic) bond motifs is 1. The summed E-state index contributed by atoms with van der Waals surface area (Å²) in [7, 11) is 1.72. The minimum atomic E-state index is -2.54. The fourth-order valence-corrected chi connectivity index (χ4v) is 4.15. The average Bonchev–Trinajstić information content (AvgIpc) is 3.09. The fourth-order valence-electron chi connectivity index (χ4n) is 3.00. The molecule has 1 atom stereocenters. The Hall–Kier alpha value is -1.83. The number of amides is 1. The molecule has 0 saturated heterocycles. The Kier molecular flexibility index (Phi) is 4.43. The van der Waals surface area contributed by atoms with E-state index in [0.29, 0.717) is 0 Å². The van der Waals surface area contributed by atoms with E-state index in [1.54, 1.807) is 23.3 Å². The molecule has 1 unspecified atom stereocenters. The van der Waals surface area contributed by atoms with Crippen molar-refractivity contribution in [1.82, 2.24) is 19.7 Å². The summed E-state index contributed by atoms with van der Waals surface area (Å²) in [6.45, 7) is 1.39. The molecule has 0 radical (unpaired) electrons. The third-order valence-electron chi connectivity index (χ3n) is 4.06. The van der Waals surface area contributed by atoms with Gasteiger partial charge in [-0.15, -0.1) is 11.3 Å². The number of rotatable bonds is 4. The highest BCUT2D eigenvalue weighted by atomic mass is 32.1. The third-order valence-corrected chi connectivity index (χ3v) is 5.18. The van der Waals surface area contributed by atoms with Gasteiger partial charge in [0.25, 0.3) is 12.3 Å². The Balaban J connectivity index is 1.85. The molecule has 23 heavy (non-hydrogen) atoms. The lowest BCUT2D eigenvalue weighted by Gasteiger charge is -2.30. The van der Waals surface area contributed by atoms with Gasteiger partial charge in [0.2, 0.25) is 0 Å². The van der Waals surface area contributed by atoms with Gasteiger partial charge in [-0.1, -0.05) is 0 Å². The molecular weight excluding hydrogens is 322 g/mol. The molecule has 124 valence electrons. The lowest BCUT2D eigenvalue weighted by atomic mass is 9.97. The van der Waals surface area contributed by atoms with Crippen LogP contribution in [0.15, 0.2) is 12.3 Å². The number of carbonyl (C=O) groups is 1. The second-order valence-corrected chi connectivity index (χ2v) is 6.89. The molecule has 0 spiro atoms. The molecule has 1 aliphatic carbocycles. The van der Waals surface area contributed by atoms with E-state index >= 15 is 0 Å². The topological polar surface area (TPSA) is 51.0 Å². The van der Waals surface area contributed by atoms with E-state index in [0.717, 1.165) is 39.5 Å². The van der Waals surface area contributed by atoms with Gasteiger partial charge in [0.15, 0.2) is 0 Å². The van der Waals surface area contributed by atoms with Gasteiger partial charge in [0.1, 0.15) is 12.2 Å². The van der Waals surface area contributed by atoms with Crippen LogP contribution in [0.3, 0.4) is 0 Å². The van der Waals surface area contributed by atoms with E-state index in [1.165, 1.54) is 12.3 Å². The second-order valence-electron chi connectivity index (χ2n) is 5.66. The van der Waals surface area contributed by atoms with Gasteiger partial charge in [-0.05, 0) is 32.3 Å². The maximum atomic E-state index is 12.7. The first-order chi connectivity index (χ1) is 11.0. The van der Waals surface area contributed by atoms with Crippen LogP contribution in [0.1, 0.15) is 45.0 Å². The summed E-state index contributed by atoms with van der Waals surface area (Å²) >= 11 is 1.61. The Bertz CT molecular complexity index is 712. The minimum Gasteiger partial charge on any atom is -0.332 e. The van der Waals surface area contributed by atoms with Crippen molar-refractivity contribution in [2.45, 2.75) is 45.2 Å². The Morgan fingerprint density at radius 2 is 2.35 bits per heavy atom. The van der Waals surface area contributed by atoms with Crippen LogP contribution in [0, 0.1) is 6.92 Å². The molecule has 0 aromatic carbocycles. The molecule has 2 heterocycles. The van der Waals surface area contributed by atoms with Crippen LogP contribution in [-0.4, -0.2) is 39.0 Å². The number of carbonyl (C=O) groups excluding carboxylic acids is 1. The van der Waals surface area contributed by atoms with Crippen molar-refractivity contribution in [3.63, 3.8) is 0 Å². The molecule has 1 amide bonds. The van der Waals surface area contributed by atoms with Crippen molar-refractivity contribution in [2.24, 2.45) is 0 Å². The average molecular weight is 340 g/mol. The molecule has 0 bridgehead atoms. The summed E-state index contributed by atoms with van der Waals surface area (Å²) in [6.07, 6.45) is 1.60. The van der Waals surface area contributed by atoms with E-state index in [9.17, 15) is 13.6 Å². The summed E-state index contributed by atoms with van der Waals surface area (Å²) in [4.78, 5) is 20.0. The molecule has 0 saturated carbocycles. The van der Waals surface area contributed by atoms with Crippen LogP contribution in [0.4, 0.5) is 8.78 Å². The number of alkyl halides is 2. The monoisotopic (exact) mass is 340 g/mol. The smallest absolute Gasteiger partial charge is 0.272 e. The zero-order valence-electron chi connectivity index (χ0n) is 13.0. The van der Waals surface area contributed by atoms with Crippen LogP contribution < -0.4 is 0 Å². The zero-order valence-corrected chi connectivity index (χ0v) is 13.8. The first-order valence-electron chi connectivity index (χ1n) is 7.50. The Labute approximate surface area is 136 Å². The van der Waals surface area contributed by atoms with Crippen molar-refractivity contribution in [3.8, 4) is 0 Å². The number of halogens is 2. The SMILES string of the molecule is Cc1nc2c(s1)C(N(C)C(=O)c1ccnn1CC(F)F)CCC2. The van der Waals surface area contributed by atoms with E-state index in [4.69, 9.17) is 0 Å². The van der Waals surface area contributed by atoms with Crippen molar-refractivity contribution < 1.29 is 13.6 Å². The summed E-state index contributed by atoms with van der Waals surface area (Å²) < 4.78 is 26.3. The normalized spacial score (nSPS) is 17.3. The van der Waals surface area contributed by atoms with E-state index < -0.39 is 13.0 Å². The number of hydrogen-bond acceptors (Lipinski definition) is 4. The van der Waals surface area contributed by atoms with E-state index in [2.05, 4.69) is 10.1 Å². The molecule has 2 aromatic rings. The summed E-state index contributed by atoms with van der Waals surface area (Å²) in [5.41, 5.74) is 1.26. The highest BCUT2D eigenvalue weighted by molar-refractivity contribution is 7.11. The maximum absolute atomic E-state index is 12.7. The van der Waals surface area contributed by atoms with Crippen molar-refractivity contribution in [3.05, 3.63) is 33.5 Å². The van der Waals surface area contributed by atoms with Crippen LogP contribution in [0.5, 0.6) is 0 Å². The zero-order chi connectivity index (χ0) is 16.6. The molecular formula is C15H18F2N4OS. The van der Waals surface area contributed by atoms with Gasteiger partial charge in [0, 0.05) is 13.2 Å². The van der Waals surface area contributed by atoms with Crippen molar-refractivity contribution in [1.29, 1.82) is 0 Å². The van der Waals surface area contributed by atoms with Crippen LogP contribution in [-0.2, 0) is 13.0 Å². The summed E-state index contributed by atoms with van der Waals surface area (Å²) in [5.74, 6) is -0.285. The molecule has 2 aromatic heterocycles. The third kappa shape index (κ3) is 3.12. The maximum Gasteiger partial charge on any atom is 0.272 e. The Morgan fingerprint density at radius 3 is 3.09 bits per heavy atom. The fraction of sp³-hybridized carbons (Fsp3) is 0.533. The van der Waals surface area contributed by atoms with Gasteiger partial charge in [-0.2, -0.15) is 5.10 Å². The Morgan fingerprint density at radius 1 is 1.57 bits per heavy atom. The van der Waals surface area contributed by atoms with Crippen LogP contribution >= 0.6 is 11.3 Å². The number of aryl methyl sites for hydroxylation is 2. The lowest BCUT2D eigenvalue weighted by molar-refractivity contribution is 0.0693. The van der Waals surface area contributed by atoms with Crippen molar-refractivity contribution in [2.75, 3.05) is 7.05 Å². The standard InChI is InChI=1S/C15H18F2N4OS/c1-9-19-10-4-3-5-11(14(10)23-9)20(2)15(22)12-6-7-18-21(12)8-13(16)17/h6-7,11,13H,3-5,8H2,1-2H3. The molecule has 0 fully saturated rings. The number of nitrogens with zero attached hydrogens (tertiary/aromatic N) is 4. The molecule has 1 aliphatic rings. The summed E-state index contributed by atoms with van der Waals surface area (Å²) in [5, 5.41) is 4.82. The van der Waals surface area contributed by atoms with Crippen molar-refractivity contribution >= 4 is 17.2 Å². The van der Waals surface area contributed by atoms with E-state index in [-0.39, 0.29) is 17.6 Å². The number of aromatic nitrogens is 3. The van der Waals surface area contributed by atoms with Crippen LogP contribution in [0.2, 0.25) is 0 Å². The number of thiazole rings is 1. The minimum absolute atomic E-state index is 0.0488. The van der Waals surface area contributed by atoms with Gasteiger partial charge in [-0.3, -0.25) is 9.48 Å². The molecule has 5 nitrogen and oxygen atoms in total. The van der Waals surface area contributed by atoms with Gasteiger partial charge in [0.05, 0.1) is 21.6 Å². The predicted molar refractivity (Wildman–Crippen MR) is 82.9 cm³/mol. The second kappa shape index (κ2) is 6.35. The predicted octanol–water partition coefficient (Wildman–Crippen LogP) is 3.06. The quantitative estimate of drug-likeness (QED) is 0.859. The molecule has 0 N–H and O–H groups in total. The molecule has 3 rings (SSSR count). The lowest BCUT2D eigenvalue weighted by Crippen LogP contribution is -2.34. The van der Waals surface area contributed by atoms with E-state index in [1.807, 2.05) is 6.92 Å². The first-order valence-corrected chi connectivity index (χ1v) is 8.32. The first kappa shape index (κ1) is 16.0. The molecule has 8 heteroatoms. The van der Waals surface area contributed by atoms with Crippen LogP contribution in [0.25, 0.3) is 0 Å². The highest BCUT2D eigenvalue weighted by Gasteiger charge is 2.31.